The van der Waals surface area contributed by atoms with Crippen molar-refractivity contribution in [1.82, 2.24) is 19.8 Å². The van der Waals surface area contributed by atoms with Crippen LogP contribution in [0.4, 0.5) is 0 Å². The summed E-state index contributed by atoms with van der Waals surface area (Å²) in [5.74, 6) is 1.11. The number of aromatic nitrogens is 2. The summed E-state index contributed by atoms with van der Waals surface area (Å²) in [5, 5.41) is 11.8. The van der Waals surface area contributed by atoms with E-state index in [1.807, 2.05) is 13.0 Å². The van der Waals surface area contributed by atoms with Gasteiger partial charge in [-0.15, -0.1) is 0 Å². The molecule has 1 saturated heterocycles. The fourth-order valence-electron chi connectivity index (χ4n) is 2.19. The van der Waals surface area contributed by atoms with Crippen LogP contribution < -0.4 is 5.73 Å². The monoisotopic (exact) mass is 264 g/mol. The van der Waals surface area contributed by atoms with Gasteiger partial charge >= 0.3 is 0 Å². The van der Waals surface area contributed by atoms with E-state index in [1.54, 1.807) is 12.4 Å². The van der Waals surface area contributed by atoms with Crippen LogP contribution in [0.15, 0.2) is 23.6 Å². The Kier molecular flexibility index (Phi) is 4.64. The number of hydrogen-bond donors (Lipinski definition) is 2. The van der Waals surface area contributed by atoms with Gasteiger partial charge in [-0.05, 0) is 13.0 Å². The minimum Gasteiger partial charge on any atom is -0.409 e. The Labute approximate surface area is 112 Å². The Balaban J connectivity index is 1.83. The molecule has 0 amide bonds. The van der Waals surface area contributed by atoms with Gasteiger partial charge < -0.3 is 10.9 Å². The topological polar surface area (TPSA) is 90.9 Å². The maximum atomic E-state index is 8.69. The molecule has 3 N–H and O–H groups in total. The lowest BCUT2D eigenvalue weighted by molar-refractivity contribution is 0.114. The molecule has 1 aromatic rings. The highest BCUT2D eigenvalue weighted by atomic mass is 16.4. The van der Waals surface area contributed by atoms with E-state index in [4.69, 9.17) is 10.9 Å². The van der Waals surface area contributed by atoms with Crippen molar-refractivity contribution in [2.75, 3.05) is 26.2 Å². The Hall–Kier alpha value is -1.73. The van der Waals surface area contributed by atoms with Gasteiger partial charge in [-0.25, -0.2) is 9.97 Å². The number of nitrogens with two attached hydrogens (primary N) is 1. The SMILES string of the molecule is CC(C(N)=NO)N1CCN(Cc2ncccn2)CC1. The van der Waals surface area contributed by atoms with Crippen LogP contribution in [-0.2, 0) is 6.54 Å². The minimum atomic E-state index is -0.0277. The third-order valence-corrected chi connectivity index (χ3v) is 3.48. The van der Waals surface area contributed by atoms with Crippen molar-refractivity contribution in [1.29, 1.82) is 0 Å². The molecule has 2 rings (SSSR count). The Morgan fingerprint density at radius 2 is 2.00 bits per heavy atom. The van der Waals surface area contributed by atoms with E-state index in [9.17, 15) is 0 Å². The number of piperazine rings is 1. The first kappa shape index (κ1) is 13.7. The zero-order valence-corrected chi connectivity index (χ0v) is 11.1. The van der Waals surface area contributed by atoms with Gasteiger partial charge in [0.1, 0.15) is 5.82 Å². The first-order valence-electron chi connectivity index (χ1n) is 6.40. The molecular formula is C12H20N6O. The van der Waals surface area contributed by atoms with Crippen molar-refractivity contribution in [3.8, 4) is 0 Å². The van der Waals surface area contributed by atoms with E-state index in [1.165, 1.54) is 0 Å². The van der Waals surface area contributed by atoms with Gasteiger partial charge in [0.15, 0.2) is 5.84 Å². The second-order valence-electron chi connectivity index (χ2n) is 4.68. The summed E-state index contributed by atoms with van der Waals surface area (Å²) in [6.45, 7) is 6.37. The fraction of sp³-hybridized carbons (Fsp3) is 0.583. The van der Waals surface area contributed by atoms with Crippen molar-refractivity contribution < 1.29 is 5.21 Å². The van der Waals surface area contributed by atoms with E-state index in [-0.39, 0.29) is 11.9 Å². The zero-order valence-electron chi connectivity index (χ0n) is 11.1. The van der Waals surface area contributed by atoms with E-state index in [0.717, 1.165) is 38.5 Å². The number of nitrogens with zero attached hydrogens (tertiary/aromatic N) is 5. The van der Waals surface area contributed by atoms with Crippen LogP contribution in [0.3, 0.4) is 0 Å². The molecule has 2 heterocycles. The molecule has 0 aromatic carbocycles. The number of rotatable bonds is 4. The fourth-order valence-corrected chi connectivity index (χ4v) is 2.19. The van der Waals surface area contributed by atoms with Crippen molar-refractivity contribution >= 4 is 5.84 Å². The van der Waals surface area contributed by atoms with Gasteiger partial charge in [-0.2, -0.15) is 0 Å². The summed E-state index contributed by atoms with van der Waals surface area (Å²) in [4.78, 5) is 13.0. The summed E-state index contributed by atoms with van der Waals surface area (Å²) in [6, 6.07) is 1.79. The van der Waals surface area contributed by atoms with Crippen molar-refractivity contribution in [2.24, 2.45) is 10.9 Å². The van der Waals surface area contributed by atoms with Gasteiger partial charge in [-0.3, -0.25) is 9.80 Å². The second-order valence-corrected chi connectivity index (χ2v) is 4.68. The Bertz CT molecular complexity index is 415. The lowest BCUT2D eigenvalue weighted by atomic mass is 10.2. The number of hydrogen-bond acceptors (Lipinski definition) is 6. The van der Waals surface area contributed by atoms with Crippen LogP contribution >= 0.6 is 0 Å². The molecular weight excluding hydrogens is 244 g/mol. The van der Waals surface area contributed by atoms with Crippen molar-refractivity contribution in [3.63, 3.8) is 0 Å². The summed E-state index contributed by atoms with van der Waals surface area (Å²) in [5.41, 5.74) is 5.63. The van der Waals surface area contributed by atoms with Crippen molar-refractivity contribution in [3.05, 3.63) is 24.3 Å². The van der Waals surface area contributed by atoms with Gasteiger partial charge in [0.2, 0.25) is 0 Å². The molecule has 0 aliphatic carbocycles. The molecule has 19 heavy (non-hydrogen) atoms. The quantitative estimate of drug-likeness (QED) is 0.337. The predicted molar refractivity (Wildman–Crippen MR) is 71.8 cm³/mol. The van der Waals surface area contributed by atoms with Crippen LogP contribution in [-0.4, -0.2) is 63.0 Å². The first-order chi connectivity index (χ1) is 9.20. The normalized spacial score (nSPS) is 20.4. The predicted octanol–water partition coefficient (Wildman–Crippen LogP) is -0.271. The van der Waals surface area contributed by atoms with Crippen molar-refractivity contribution in [2.45, 2.75) is 19.5 Å². The van der Waals surface area contributed by atoms with Gasteiger partial charge in [0, 0.05) is 38.6 Å². The minimum absolute atomic E-state index is 0.0277. The zero-order chi connectivity index (χ0) is 13.7. The molecule has 0 saturated carbocycles. The molecule has 0 bridgehead atoms. The van der Waals surface area contributed by atoms with Crippen LogP contribution in [0.5, 0.6) is 0 Å². The molecule has 1 aromatic heterocycles. The van der Waals surface area contributed by atoms with Gasteiger partial charge in [0.25, 0.3) is 0 Å². The summed E-state index contributed by atoms with van der Waals surface area (Å²) < 4.78 is 0. The molecule has 0 spiro atoms. The molecule has 0 radical (unpaired) electrons. The molecule has 1 fully saturated rings. The Morgan fingerprint density at radius 3 is 2.58 bits per heavy atom. The highest BCUT2D eigenvalue weighted by molar-refractivity contribution is 5.84. The average molecular weight is 264 g/mol. The molecule has 7 nitrogen and oxygen atoms in total. The molecule has 1 aliphatic rings. The van der Waals surface area contributed by atoms with Crippen LogP contribution in [0, 0.1) is 0 Å². The maximum absolute atomic E-state index is 8.69. The average Bonchev–Trinajstić information content (AvgIpc) is 2.47. The lowest BCUT2D eigenvalue weighted by Crippen LogP contribution is -2.52. The summed E-state index contributed by atoms with van der Waals surface area (Å²) >= 11 is 0. The van der Waals surface area contributed by atoms with E-state index < -0.39 is 0 Å². The van der Waals surface area contributed by atoms with E-state index in [2.05, 4.69) is 24.9 Å². The van der Waals surface area contributed by atoms with E-state index in [0.29, 0.717) is 0 Å². The van der Waals surface area contributed by atoms with Crippen LogP contribution in [0.25, 0.3) is 0 Å². The number of oxime groups is 1. The summed E-state index contributed by atoms with van der Waals surface area (Å²) in [7, 11) is 0. The highest BCUT2D eigenvalue weighted by Crippen LogP contribution is 2.08. The maximum Gasteiger partial charge on any atom is 0.156 e. The number of amidine groups is 1. The van der Waals surface area contributed by atoms with Crippen LogP contribution in [0.1, 0.15) is 12.7 Å². The Morgan fingerprint density at radius 1 is 1.37 bits per heavy atom. The largest absolute Gasteiger partial charge is 0.409 e. The highest BCUT2D eigenvalue weighted by Gasteiger charge is 2.23. The lowest BCUT2D eigenvalue weighted by Gasteiger charge is -2.37. The molecule has 7 heteroatoms. The van der Waals surface area contributed by atoms with Gasteiger partial charge in [0.05, 0.1) is 12.6 Å². The smallest absolute Gasteiger partial charge is 0.156 e. The first-order valence-corrected chi connectivity index (χ1v) is 6.40. The van der Waals surface area contributed by atoms with E-state index >= 15 is 0 Å². The molecule has 1 aliphatic heterocycles. The second kappa shape index (κ2) is 6.44. The molecule has 104 valence electrons. The molecule has 1 atom stereocenters. The third kappa shape index (κ3) is 3.62. The molecule has 1 unspecified atom stereocenters. The third-order valence-electron chi connectivity index (χ3n) is 3.48. The standard InChI is InChI=1S/C12H20N6O/c1-10(12(13)16-19)18-7-5-17(6-8-18)9-11-14-3-2-4-15-11/h2-4,10,19H,5-9H2,1H3,(H2,13,16). The summed E-state index contributed by atoms with van der Waals surface area (Å²) in [6.07, 6.45) is 3.53. The van der Waals surface area contributed by atoms with Gasteiger partial charge in [-0.1, -0.05) is 5.16 Å². The van der Waals surface area contributed by atoms with Crippen LogP contribution in [0.2, 0.25) is 0 Å².